The minimum atomic E-state index is -4.59. The molecule has 1 heterocycles. The van der Waals surface area contributed by atoms with Crippen molar-refractivity contribution in [1.29, 1.82) is 0 Å². The van der Waals surface area contributed by atoms with Gasteiger partial charge in [0.2, 0.25) is 5.91 Å². The molecular formula is C11H19F3N2O2. The quantitative estimate of drug-likeness (QED) is 0.794. The molecule has 1 rings (SSSR count). The summed E-state index contributed by atoms with van der Waals surface area (Å²) >= 11 is 0. The lowest BCUT2D eigenvalue weighted by atomic mass is 9.83. The SMILES string of the molecule is CN(C(=O)C1(C(F)(F)F)CCNC1)C(C)(C)CO. The third kappa shape index (κ3) is 2.33. The smallest absolute Gasteiger partial charge is 0.394 e. The van der Waals surface area contributed by atoms with E-state index in [0.717, 1.165) is 4.90 Å². The van der Waals surface area contributed by atoms with Crippen molar-refractivity contribution in [1.82, 2.24) is 10.2 Å². The van der Waals surface area contributed by atoms with Crippen molar-refractivity contribution < 1.29 is 23.1 Å². The first-order valence-electron chi connectivity index (χ1n) is 5.75. The molecule has 1 amide bonds. The Labute approximate surface area is 104 Å². The molecule has 0 aromatic carbocycles. The molecule has 2 N–H and O–H groups in total. The number of amides is 1. The van der Waals surface area contributed by atoms with Crippen LogP contribution < -0.4 is 5.32 Å². The molecule has 7 heteroatoms. The van der Waals surface area contributed by atoms with E-state index in [4.69, 9.17) is 5.11 Å². The predicted octanol–water partition coefficient (Wildman–Crippen LogP) is 0.758. The number of nitrogens with zero attached hydrogens (tertiary/aromatic N) is 1. The monoisotopic (exact) mass is 268 g/mol. The van der Waals surface area contributed by atoms with Crippen molar-refractivity contribution in [2.45, 2.75) is 32.0 Å². The number of nitrogens with one attached hydrogen (secondary N) is 1. The maximum atomic E-state index is 13.2. The fraction of sp³-hybridized carbons (Fsp3) is 0.909. The van der Waals surface area contributed by atoms with Gasteiger partial charge in [0.05, 0.1) is 12.1 Å². The van der Waals surface area contributed by atoms with E-state index >= 15 is 0 Å². The lowest BCUT2D eigenvalue weighted by Gasteiger charge is -2.40. The molecule has 0 spiro atoms. The number of halogens is 3. The van der Waals surface area contributed by atoms with Crippen LogP contribution in [0.1, 0.15) is 20.3 Å². The summed E-state index contributed by atoms with van der Waals surface area (Å²) in [5, 5.41) is 11.7. The van der Waals surface area contributed by atoms with Gasteiger partial charge in [0.1, 0.15) is 0 Å². The van der Waals surface area contributed by atoms with Crippen LogP contribution in [0.5, 0.6) is 0 Å². The third-order valence-electron chi connectivity index (χ3n) is 3.71. The molecule has 4 nitrogen and oxygen atoms in total. The van der Waals surface area contributed by atoms with Gasteiger partial charge in [-0.15, -0.1) is 0 Å². The van der Waals surface area contributed by atoms with E-state index in [1.807, 2.05) is 0 Å². The van der Waals surface area contributed by atoms with Crippen LogP contribution in [-0.4, -0.2) is 54.4 Å². The summed E-state index contributed by atoms with van der Waals surface area (Å²) in [5.41, 5.74) is -3.38. The Morgan fingerprint density at radius 2 is 2.00 bits per heavy atom. The molecule has 1 fully saturated rings. The topological polar surface area (TPSA) is 52.6 Å². The first kappa shape index (κ1) is 15.2. The van der Waals surface area contributed by atoms with Crippen LogP contribution in [0.3, 0.4) is 0 Å². The fourth-order valence-corrected chi connectivity index (χ4v) is 1.94. The van der Waals surface area contributed by atoms with E-state index in [0.29, 0.717) is 0 Å². The third-order valence-corrected chi connectivity index (χ3v) is 3.71. The zero-order chi connectivity index (χ0) is 14.2. The van der Waals surface area contributed by atoms with Crippen molar-refractivity contribution in [3.63, 3.8) is 0 Å². The van der Waals surface area contributed by atoms with Crippen LogP contribution in [0.4, 0.5) is 13.2 Å². The highest BCUT2D eigenvalue weighted by Gasteiger charge is 2.62. The molecule has 1 unspecified atom stereocenters. The summed E-state index contributed by atoms with van der Waals surface area (Å²) in [4.78, 5) is 13.2. The maximum Gasteiger partial charge on any atom is 0.404 e. The average Bonchev–Trinajstić information content (AvgIpc) is 2.76. The Bertz CT molecular complexity index is 323. The number of alkyl halides is 3. The number of hydrogen-bond donors (Lipinski definition) is 2. The van der Waals surface area contributed by atoms with Crippen LogP contribution in [0.25, 0.3) is 0 Å². The molecule has 0 aliphatic carbocycles. The minimum absolute atomic E-state index is 0.165. The van der Waals surface area contributed by atoms with Gasteiger partial charge in [-0.25, -0.2) is 0 Å². The lowest BCUT2D eigenvalue weighted by Crippen LogP contribution is -2.58. The molecule has 0 radical (unpaired) electrons. The van der Waals surface area contributed by atoms with E-state index < -0.39 is 36.2 Å². The van der Waals surface area contributed by atoms with Gasteiger partial charge in [-0.05, 0) is 26.8 Å². The van der Waals surface area contributed by atoms with E-state index in [1.165, 1.54) is 20.9 Å². The summed E-state index contributed by atoms with van der Waals surface area (Å²) in [6, 6.07) is 0. The minimum Gasteiger partial charge on any atom is -0.394 e. The van der Waals surface area contributed by atoms with Crippen molar-refractivity contribution in [2.24, 2.45) is 5.41 Å². The van der Waals surface area contributed by atoms with Gasteiger partial charge in [-0.3, -0.25) is 4.79 Å². The van der Waals surface area contributed by atoms with Crippen LogP contribution >= 0.6 is 0 Å². The van der Waals surface area contributed by atoms with Crippen LogP contribution in [0.15, 0.2) is 0 Å². The zero-order valence-electron chi connectivity index (χ0n) is 10.8. The van der Waals surface area contributed by atoms with E-state index in [9.17, 15) is 18.0 Å². The number of likely N-dealkylation sites (N-methyl/N-ethyl adjacent to an activating group) is 1. The highest BCUT2D eigenvalue weighted by Crippen LogP contribution is 2.45. The van der Waals surface area contributed by atoms with Crippen molar-refractivity contribution in [2.75, 3.05) is 26.7 Å². The normalized spacial score (nSPS) is 25.3. The Hall–Kier alpha value is -0.820. The molecule has 18 heavy (non-hydrogen) atoms. The molecule has 1 saturated heterocycles. The molecule has 0 bridgehead atoms. The molecular weight excluding hydrogens is 249 g/mol. The fourth-order valence-electron chi connectivity index (χ4n) is 1.94. The summed E-state index contributed by atoms with van der Waals surface area (Å²) in [6.45, 7) is 2.42. The van der Waals surface area contributed by atoms with Crippen LogP contribution in [0, 0.1) is 5.41 Å². The first-order chi connectivity index (χ1) is 8.08. The van der Waals surface area contributed by atoms with Gasteiger partial charge in [0.15, 0.2) is 5.41 Å². The van der Waals surface area contributed by atoms with E-state index in [-0.39, 0.29) is 13.0 Å². The largest absolute Gasteiger partial charge is 0.404 e. The molecule has 0 aromatic rings. The molecule has 1 atom stereocenters. The average molecular weight is 268 g/mol. The predicted molar refractivity (Wildman–Crippen MR) is 59.9 cm³/mol. The highest BCUT2D eigenvalue weighted by molar-refractivity contribution is 5.84. The Kier molecular flexibility index (Phi) is 3.97. The molecule has 0 saturated carbocycles. The maximum absolute atomic E-state index is 13.2. The molecule has 1 aliphatic heterocycles. The Balaban J connectivity index is 3.06. The summed E-state index contributed by atoms with van der Waals surface area (Å²) in [7, 11) is 1.30. The second-order valence-electron chi connectivity index (χ2n) is 5.34. The first-order valence-corrected chi connectivity index (χ1v) is 5.75. The van der Waals surface area contributed by atoms with Gasteiger partial charge < -0.3 is 15.3 Å². The van der Waals surface area contributed by atoms with Crippen LogP contribution in [0.2, 0.25) is 0 Å². The molecule has 106 valence electrons. The number of carbonyl (C=O) groups is 1. The summed E-state index contributed by atoms with van der Waals surface area (Å²) in [6.07, 6.45) is -4.85. The number of aliphatic hydroxyl groups is 1. The van der Waals surface area contributed by atoms with Crippen LogP contribution in [-0.2, 0) is 4.79 Å². The number of aliphatic hydroxyl groups excluding tert-OH is 1. The van der Waals surface area contributed by atoms with Gasteiger partial charge >= 0.3 is 6.18 Å². The van der Waals surface area contributed by atoms with E-state index in [2.05, 4.69) is 5.32 Å². The van der Waals surface area contributed by atoms with Crippen molar-refractivity contribution in [3.05, 3.63) is 0 Å². The van der Waals surface area contributed by atoms with Gasteiger partial charge in [-0.1, -0.05) is 0 Å². The summed E-state index contributed by atoms with van der Waals surface area (Å²) in [5.74, 6) is -0.987. The zero-order valence-corrected chi connectivity index (χ0v) is 10.8. The van der Waals surface area contributed by atoms with Gasteiger partial charge in [0.25, 0.3) is 0 Å². The lowest BCUT2D eigenvalue weighted by molar-refractivity contribution is -0.223. The number of hydrogen-bond acceptors (Lipinski definition) is 3. The Morgan fingerprint density at radius 3 is 2.33 bits per heavy atom. The molecule has 1 aliphatic rings. The highest BCUT2D eigenvalue weighted by atomic mass is 19.4. The van der Waals surface area contributed by atoms with Gasteiger partial charge in [0, 0.05) is 13.6 Å². The standard InChI is InChI=1S/C11H19F3N2O2/c1-9(2,7-17)16(3)8(18)10(11(12,13)14)4-5-15-6-10/h15,17H,4-7H2,1-3H3. The second kappa shape index (κ2) is 4.70. The second-order valence-corrected chi connectivity index (χ2v) is 5.34. The van der Waals surface area contributed by atoms with Gasteiger partial charge in [-0.2, -0.15) is 13.2 Å². The summed E-state index contributed by atoms with van der Waals surface area (Å²) < 4.78 is 39.5. The molecule has 0 aromatic heterocycles. The van der Waals surface area contributed by atoms with Crippen molar-refractivity contribution >= 4 is 5.91 Å². The van der Waals surface area contributed by atoms with E-state index in [1.54, 1.807) is 0 Å². The number of rotatable bonds is 3. The Morgan fingerprint density at radius 1 is 1.44 bits per heavy atom. The van der Waals surface area contributed by atoms with Crippen molar-refractivity contribution in [3.8, 4) is 0 Å². The number of carbonyl (C=O) groups excluding carboxylic acids is 1.